The maximum Gasteiger partial charge on any atom is 0.0728 e. The molecule has 1 unspecified atom stereocenters. The Morgan fingerprint density at radius 2 is 1.59 bits per heavy atom. The van der Waals surface area contributed by atoms with E-state index in [4.69, 9.17) is 5.73 Å². The van der Waals surface area contributed by atoms with Crippen molar-refractivity contribution >= 4 is 0 Å². The van der Waals surface area contributed by atoms with Crippen LogP contribution in [0.5, 0.6) is 0 Å². The van der Waals surface area contributed by atoms with Crippen molar-refractivity contribution < 1.29 is 5.11 Å². The Kier molecular flexibility index (Phi) is 4.45. The van der Waals surface area contributed by atoms with E-state index >= 15 is 0 Å². The Hall–Kier alpha value is -0.120. The molecule has 0 radical (unpaired) electrons. The quantitative estimate of drug-likeness (QED) is 0.645. The first-order chi connectivity index (χ1) is 8.22. The Bertz CT molecular complexity index is 226. The maximum atomic E-state index is 11.1. The van der Waals surface area contributed by atoms with Crippen molar-refractivity contribution in [2.24, 2.45) is 11.1 Å². The third kappa shape index (κ3) is 2.67. The van der Waals surface area contributed by atoms with Gasteiger partial charge < -0.3 is 16.2 Å². The third-order valence-electron chi connectivity index (χ3n) is 5.10. The lowest BCUT2D eigenvalue weighted by molar-refractivity contribution is -0.0976. The molecule has 0 aromatic rings. The van der Waals surface area contributed by atoms with Crippen LogP contribution in [0.2, 0.25) is 0 Å². The summed E-state index contributed by atoms with van der Waals surface area (Å²) in [5, 5.41) is 14.5. The SMILES string of the molecule is NCC1(C2(O)CCCNCC2)CCCCCC1. The largest absolute Gasteiger partial charge is 0.389 e. The molecule has 0 amide bonds. The zero-order chi connectivity index (χ0) is 12.2. The van der Waals surface area contributed by atoms with Gasteiger partial charge in [0.25, 0.3) is 0 Å². The van der Waals surface area contributed by atoms with Crippen LogP contribution in [0.15, 0.2) is 0 Å². The number of hydrogen-bond donors (Lipinski definition) is 3. The summed E-state index contributed by atoms with van der Waals surface area (Å²) in [7, 11) is 0. The lowest BCUT2D eigenvalue weighted by Gasteiger charge is -2.47. The molecule has 0 spiro atoms. The molecule has 100 valence electrons. The normalized spacial score (nSPS) is 34.9. The molecule has 2 fully saturated rings. The predicted molar refractivity (Wildman–Crippen MR) is 70.9 cm³/mol. The van der Waals surface area contributed by atoms with Crippen LogP contribution in [0, 0.1) is 5.41 Å². The van der Waals surface area contributed by atoms with Gasteiger partial charge in [0.2, 0.25) is 0 Å². The van der Waals surface area contributed by atoms with E-state index < -0.39 is 5.60 Å². The summed E-state index contributed by atoms with van der Waals surface area (Å²) in [6.45, 7) is 2.64. The highest BCUT2D eigenvalue weighted by Crippen LogP contribution is 2.47. The van der Waals surface area contributed by atoms with E-state index in [9.17, 15) is 5.11 Å². The average Bonchev–Trinajstić information content (AvgIpc) is 2.70. The van der Waals surface area contributed by atoms with Gasteiger partial charge in [0, 0.05) is 12.0 Å². The highest BCUT2D eigenvalue weighted by Gasteiger charge is 2.48. The highest BCUT2D eigenvalue weighted by molar-refractivity contribution is 5.01. The van der Waals surface area contributed by atoms with Crippen LogP contribution in [-0.4, -0.2) is 30.3 Å². The van der Waals surface area contributed by atoms with Gasteiger partial charge in [0.05, 0.1) is 5.60 Å². The molecule has 17 heavy (non-hydrogen) atoms. The van der Waals surface area contributed by atoms with E-state index in [-0.39, 0.29) is 5.41 Å². The van der Waals surface area contributed by atoms with Crippen LogP contribution in [0.1, 0.15) is 57.8 Å². The second-order valence-corrected chi connectivity index (χ2v) is 6.03. The molecule has 2 rings (SSSR count). The molecule has 2 aliphatic rings. The molecule has 3 nitrogen and oxygen atoms in total. The standard InChI is InChI=1S/C14H28N2O/c15-12-13(6-3-1-2-4-7-13)14(17)8-5-10-16-11-9-14/h16-17H,1-12,15H2. The summed E-state index contributed by atoms with van der Waals surface area (Å²) < 4.78 is 0. The Balaban J connectivity index is 2.17. The van der Waals surface area contributed by atoms with Crippen LogP contribution in [0.3, 0.4) is 0 Å². The van der Waals surface area contributed by atoms with Crippen LogP contribution in [0.4, 0.5) is 0 Å². The zero-order valence-corrected chi connectivity index (χ0v) is 11.0. The fraction of sp³-hybridized carbons (Fsp3) is 1.00. The van der Waals surface area contributed by atoms with Crippen LogP contribution >= 0.6 is 0 Å². The van der Waals surface area contributed by atoms with Gasteiger partial charge in [-0.15, -0.1) is 0 Å². The number of nitrogens with two attached hydrogens (primary N) is 1. The van der Waals surface area contributed by atoms with Crippen LogP contribution < -0.4 is 11.1 Å². The van der Waals surface area contributed by atoms with Gasteiger partial charge in [0.15, 0.2) is 0 Å². The minimum Gasteiger partial charge on any atom is -0.389 e. The summed E-state index contributed by atoms with van der Waals surface area (Å²) in [5.41, 5.74) is 5.57. The van der Waals surface area contributed by atoms with Crippen molar-refractivity contribution in [3.05, 3.63) is 0 Å². The molecule has 0 aromatic heterocycles. The molecular formula is C14H28N2O. The summed E-state index contributed by atoms with van der Waals surface area (Å²) >= 11 is 0. The Morgan fingerprint density at radius 3 is 2.24 bits per heavy atom. The van der Waals surface area contributed by atoms with Crippen LogP contribution in [0.25, 0.3) is 0 Å². The average molecular weight is 240 g/mol. The maximum absolute atomic E-state index is 11.1. The Labute approximate surface area is 105 Å². The molecule has 1 heterocycles. The van der Waals surface area contributed by atoms with Crippen molar-refractivity contribution in [2.75, 3.05) is 19.6 Å². The second-order valence-electron chi connectivity index (χ2n) is 6.03. The summed E-state index contributed by atoms with van der Waals surface area (Å²) in [4.78, 5) is 0. The van der Waals surface area contributed by atoms with Crippen LogP contribution in [-0.2, 0) is 0 Å². The fourth-order valence-corrected chi connectivity index (χ4v) is 3.85. The van der Waals surface area contributed by atoms with Crippen molar-refractivity contribution in [2.45, 2.75) is 63.4 Å². The van der Waals surface area contributed by atoms with E-state index in [0.29, 0.717) is 6.54 Å². The summed E-state index contributed by atoms with van der Waals surface area (Å²) in [5.74, 6) is 0. The molecule has 0 bridgehead atoms. The monoisotopic (exact) mass is 240 g/mol. The predicted octanol–water partition coefficient (Wildman–Crippen LogP) is 1.79. The van der Waals surface area contributed by atoms with E-state index in [1.807, 2.05) is 0 Å². The Morgan fingerprint density at radius 1 is 0.882 bits per heavy atom. The van der Waals surface area contributed by atoms with Crippen molar-refractivity contribution in [1.82, 2.24) is 5.32 Å². The first-order valence-electron chi connectivity index (χ1n) is 7.36. The molecule has 0 aromatic carbocycles. The van der Waals surface area contributed by atoms with Crippen molar-refractivity contribution in [3.8, 4) is 0 Å². The third-order valence-corrected chi connectivity index (χ3v) is 5.10. The van der Waals surface area contributed by atoms with Crippen molar-refractivity contribution in [1.29, 1.82) is 0 Å². The van der Waals surface area contributed by atoms with Gasteiger partial charge >= 0.3 is 0 Å². The first kappa shape index (κ1) is 13.3. The molecular weight excluding hydrogens is 212 g/mol. The van der Waals surface area contributed by atoms with E-state index in [1.54, 1.807) is 0 Å². The zero-order valence-electron chi connectivity index (χ0n) is 11.0. The molecule has 1 atom stereocenters. The smallest absolute Gasteiger partial charge is 0.0728 e. The number of aliphatic hydroxyl groups is 1. The van der Waals surface area contributed by atoms with Gasteiger partial charge in [0.1, 0.15) is 0 Å². The number of rotatable bonds is 2. The number of nitrogens with one attached hydrogen (secondary N) is 1. The summed E-state index contributed by atoms with van der Waals surface area (Å²) in [6, 6.07) is 0. The number of hydrogen-bond acceptors (Lipinski definition) is 3. The molecule has 1 saturated heterocycles. The lowest BCUT2D eigenvalue weighted by Crippen LogP contribution is -2.53. The molecule has 1 saturated carbocycles. The van der Waals surface area contributed by atoms with Gasteiger partial charge in [-0.05, 0) is 45.2 Å². The van der Waals surface area contributed by atoms with Gasteiger partial charge in [-0.2, -0.15) is 0 Å². The van der Waals surface area contributed by atoms with Crippen molar-refractivity contribution in [3.63, 3.8) is 0 Å². The molecule has 1 aliphatic heterocycles. The topological polar surface area (TPSA) is 58.3 Å². The van der Waals surface area contributed by atoms with Gasteiger partial charge in [-0.1, -0.05) is 25.7 Å². The fourth-order valence-electron chi connectivity index (χ4n) is 3.85. The lowest BCUT2D eigenvalue weighted by atomic mass is 9.64. The summed E-state index contributed by atoms with van der Waals surface area (Å²) in [6.07, 6.45) is 10.3. The minimum atomic E-state index is -0.518. The molecule has 1 aliphatic carbocycles. The highest BCUT2D eigenvalue weighted by atomic mass is 16.3. The van der Waals surface area contributed by atoms with E-state index in [0.717, 1.165) is 45.2 Å². The van der Waals surface area contributed by atoms with E-state index in [1.165, 1.54) is 25.7 Å². The second kappa shape index (κ2) is 5.68. The van der Waals surface area contributed by atoms with Gasteiger partial charge in [-0.25, -0.2) is 0 Å². The van der Waals surface area contributed by atoms with Gasteiger partial charge in [-0.3, -0.25) is 0 Å². The minimum absolute atomic E-state index is 0.00444. The molecule has 4 N–H and O–H groups in total. The van der Waals surface area contributed by atoms with E-state index in [2.05, 4.69) is 5.32 Å². The molecule has 3 heteroatoms. The first-order valence-corrected chi connectivity index (χ1v) is 7.36.